The Morgan fingerprint density at radius 1 is 1.00 bits per heavy atom. The Morgan fingerprint density at radius 3 is 2.35 bits per heavy atom. The maximum absolute atomic E-state index is 12.0. The van der Waals surface area contributed by atoms with Crippen LogP contribution in [-0.2, 0) is 0 Å². The number of thiocarbonyl (C=S) groups is 1. The number of carbonyl (C=O) groups excluding carboxylic acids is 1. The van der Waals surface area contributed by atoms with Gasteiger partial charge in [-0.05, 0) is 54.7 Å². The van der Waals surface area contributed by atoms with Crippen LogP contribution >= 0.6 is 44.1 Å². The molecule has 0 spiro atoms. The van der Waals surface area contributed by atoms with E-state index >= 15 is 0 Å². The molecule has 0 atom stereocenters. The van der Waals surface area contributed by atoms with Gasteiger partial charge in [0.1, 0.15) is 0 Å². The van der Waals surface area contributed by atoms with Crippen LogP contribution in [0.15, 0.2) is 57.5 Å². The maximum atomic E-state index is 12.0. The summed E-state index contributed by atoms with van der Waals surface area (Å²) in [6, 6.07) is 14.6. The monoisotopic (exact) mass is 412 g/mol. The Morgan fingerprint density at radius 2 is 1.70 bits per heavy atom. The van der Waals surface area contributed by atoms with Crippen molar-refractivity contribution in [3.8, 4) is 0 Å². The average molecular weight is 414 g/mol. The molecule has 0 radical (unpaired) electrons. The summed E-state index contributed by atoms with van der Waals surface area (Å²) in [6.07, 6.45) is 0. The van der Waals surface area contributed by atoms with Crippen LogP contribution < -0.4 is 10.6 Å². The summed E-state index contributed by atoms with van der Waals surface area (Å²) in [6.45, 7) is 0. The third kappa shape index (κ3) is 4.40. The van der Waals surface area contributed by atoms with Crippen molar-refractivity contribution >= 4 is 60.8 Å². The molecule has 0 unspecified atom stereocenters. The van der Waals surface area contributed by atoms with Gasteiger partial charge in [0.2, 0.25) is 0 Å². The van der Waals surface area contributed by atoms with Crippen LogP contribution in [0.3, 0.4) is 0 Å². The van der Waals surface area contributed by atoms with E-state index < -0.39 is 0 Å². The molecule has 0 fully saturated rings. The second-order valence-electron chi connectivity index (χ2n) is 3.93. The van der Waals surface area contributed by atoms with E-state index in [0.29, 0.717) is 5.56 Å². The van der Waals surface area contributed by atoms with E-state index in [1.54, 1.807) is 24.3 Å². The van der Waals surface area contributed by atoms with Crippen LogP contribution in [0.1, 0.15) is 10.4 Å². The van der Waals surface area contributed by atoms with E-state index in [0.717, 1.165) is 14.6 Å². The number of carbonyl (C=O) groups is 1. The van der Waals surface area contributed by atoms with Crippen LogP contribution in [0.25, 0.3) is 0 Å². The molecule has 2 rings (SSSR count). The van der Waals surface area contributed by atoms with E-state index in [9.17, 15) is 4.79 Å². The second kappa shape index (κ2) is 6.97. The topological polar surface area (TPSA) is 41.1 Å². The first-order chi connectivity index (χ1) is 9.54. The molecule has 3 nitrogen and oxygen atoms in total. The van der Waals surface area contributed by atoms with E-state index in [-0.39, 0.29) is 11.0 Å². The summed E-state index contributed by atoms with van der Waals surface area (Å²) in [5, 5.41) is 5.85. The van der Waals surface area contributed by atoms with Crippen molar-refractivity contribution in [2.45, 2.75) is 0 Å². The zero-order chi connectivity index (χ0) is 14.5. The summed E-state index contributed by atoms with van der Waals surface area (Å²) >= 11 is 11.8. The van der Waals surface area contributed by atoms with Crippen molar-refractivity contribution in [3.05, 3.63) is 63.0 Å². The highest BCUT2D eigenvalue weighted by molar-refractivity contribution is 9.10. The lowest BCUT2D eigenvalue weighted by Crippen LogP contribution is -2.34. The molecule has 2 aromatic carbocycles. The summed E-state index contributed by atoms with van der Waals surface area (Å²) in [4.78, 5) is 12.0. The Labute approximate surface area is 139 Å². The highest BCUT2D eigenvalue weighted by Crippen LogP contribution is 2.15. The van der Waals surface area contributed by atoms with Crippen LogP contribution in [-0.4, -0.2) is 11.0 Å². The maximum Gasteiger partial charge on any atom is 0.257 e. The van der Waals surface area contributed by atoms with E-state index in [2.05, 4.69) is 42.5 Å². The largest absolute Gasteiger partial charge is 0.332 e. The number of hydrogen-bond acceptors (Lipinski definition) is 2. The molecular weight excluding hydrogens is 404 g/mol. The minimum atomic E-state index is -0.245. The number of anilines is 1. The SMILES string of the molecule is O=C(NC(=S)Nc1cccc(Br)c1)c1ccc(Br)cc1. The fraction of sp³-hybridized carbons (Fsp3) is 0. The zero-order valence-corrected chi connectivity index (χ0v) is 14.2. The normalized spacial score (nSPS) is 9.90. The van der Waals surface area contributed by atoms with Crippen molar-refractivity contribution in [3.63, 3.8) is 0 Å². The highest BCUT2D eigenvalue weighted by Gasteiger charge is 2.07. The van der Waals surface area contributed by atoms with Crippen molar-refractivity contribution in [1.82, 2.24) is 5.32 Å². The highest BCUT2D eigenvalue weighted by atomic mass is 79.9. The third-order valence-corrected chi connectivity index (χ3v) is 3.64. The first kappa shape index (κ1) is 15.2. The quantitative estimate of drug-likeness (QED) is 0.719. The van der Waals surface area contributed by atoms with Crippen molar-refractivity contribution < 1.29 is 4.79 Å². The smallest absolute Gasteiger partial charge is 0.257 e. The Kier molecular flexibility index (Phi) is 5.28. The van der Waals surface area contributed by atoms with Gasteiger partial charge in [-0.1, -0.05) is 37.9 Å². The number of nitrogens with one attached hydrogen (secondary N) is 2. The molecule has 2 N–H and O–H groups in total. The molecule has 20 heavy (non-hydrogen) atoms. The summed E-state index contributed by atoms with van der Waals surface area (Å²) in [5.41, 5.74) is 1.35. The third-order valence-electron chi connectivity index (χ3n) is 2.42. The van der Waals surface area contributed by atoms with Crippen molar-refractivity contribution in [1.29, 1.82) is 0 Å². The second-order valence-corrected chi connectivity index (χ2v) is 6.17. The lowest BCUT2D eigenvalue weighted by Gasteiger charge is -2.09. The van der Waals surface area contributed by atoms with Crippen LogP contribution in [0.2, 0.25) is 0 Å². The average Bonchev–Trinajstić information content (AvgIpc) is 2.39. The molecule has 102 valence electrons. The molecule has 0 aliphatic heterocycles. The molecule has 0 bridgehead atoms. The molecule has 6 heteroatoms. The molecule has 0 aliphatic carbocycles. The molecule has 1 amide bonds. The predicted octanol–water partition coefficient (Wildman–Crippen LogP) is 4.34. The van der Waals surface area contributed by atoms with E-state index in [1.807, 2.05) is 24.3 Å². The van der Waals surface area contributed by atoms with Gasteiger partial charge in [-0.15, -0.1) is 0 Å². The first-order valence-corrected chi connectivity index (χ1v) is 7.67. The van der Waals surface area contributed by atoms with E-state index in [4.69, 9.17) is 12.2 Å². The number of amides is 1. The van der Waals surface area contributed by atoms with Gasteiger partial charge in [-0.2, -0.15) is 0 Å². The molecule has 0 saturated heterocycles. The predicted molar refractivity (Wildman–Crippen MR) is 92.0 cm³/mol. The van der Waals surface area contributed by atoms with Crippen molar-refractivity contribution in [2.75, 3.05) is 5.32 Å². The molecular formula is C14H10Br2N2OS. The Hall–Kier alpha value is -1.24. The summed E-state index contributed by atoms with van der Waals surface area (Å²) in [5.74, 6) is -0.245. The molecule has 0 heterocycles. The van der Waals surface area contributed by atoms with Gasteiger partial charge < -0.3 is 5.32 Å². The molecule has 0 aromatic heterocycles. The van der Waals surface area contributed by atoms with Crippen LogP contribution in [0, 0.1) is 0 Å². The molecule has 0 saturated carbocycles. The summed E-state index contributed by atoms with van der Waals surface area (Å²) < 4.78 is 1.86. The van der Waals surface area contributed by atoms with Gasteiger partial charge in [0, 0.05) is 20.2 Å². The zero-order valence-electron chi connectivity index (χ0n) is 10.2. The Balaban J connectivity index is 1.97. The molecule has 0 aliphatic rings. The van der Waals surface area contributed by atoms with Crippen LogP contribution in [0.4, 0.5) is 5.69 Å². The van der Waals surface area contributed by atoms with Gasteiger partial charge in [0.05, 0.1) is 0 Å². The van der Waals surface area contributed by atoms with Gasteiger partial charge in [-0.25, -0.2) is 0 Å². The van der Waals surface area contributed by atoms with Gasteiger partial charge >= 0.3 is 0 Å². The summed E-state index contributed by atoms with van der Waals surface area (Å²) in [7, 11) is 0. The number of hydrogen-bond donors (Lipinski definition) is 2. The minimum Gasteiger partial charge on any atom is -0.332 e. The standard InChI is InChI=1S/C14H10Br2N2OS/c15-10-6-4-9(5-7-10)13(19)18-14(20)17-12-3-1-2-11(16)8-12/h1-8H,(H2,17,18,19,20). The first-order valence-electron chi connectivity index (χ1n) is 5.68. The number of halogens is 2. The van der Waals surface area contributed by atoms with Crippen LogP contribution in [0.5, 0.6) is 0 Å². The van der Waals surface area contributed by atoms with Gasteiger partial charge in [0.25, 0.3) is 5.91 Å². The number of benzene rings is 2. The lowest BCUT2D eigenvalue weighted by atomic mass is 10.2. The number of rotatable bonds is 2. The lowest BCUT2D eigenvalue weighted by molar-refractivity contribution is 0.0977. The van der Waals surface area contributed by atoms with E-state index in [1.165, 1.54) is 0 Å². The fourth-order valence-corrected chi connectivity index (χ4v) is 2.38. The fourth-order valence-electron chi connectivity index (χ4n) is 1.51. The minimum absolute atomic E-state index is 0.245. The molecule has 2 aromatic rings. The van der Waals surface area contributed by atoms with Gasteiger partial charge in [-0.3, -0.25) is 10.1 Å². The van der Waals surface area contributed by atoms with Crippen molar-refractivity contribution in [2.24, 2.45) is 0 Å². The van der Waals surface area contributed by atoms with Gasteiger partial charge in [0.15, 0.2) is 5.11 Å². The Bertz CT molecular complexity index is 644.